The molecule has 0 unspecified atom stereocenters. The van der Waals surface area contributed by atoms with Crippen LogP contribution in [0.25, 0.3) is 11.0 Å². The van der Waals surface area contributed by atoms with Gasteiger partial charge in [-0.3, -0.25) is 9.55 Å². The third kappa shape index (κ3) is 2.52. The summed E-state index contributed by atoms with van der Waals surface area (Å²) >= 11 is 0. The monoisotopic (exact) mass is 394 g/mol. The highest BCUT2D eigenvalue weighted by molar-refractivity contribution is 5.97. The molecule has 0 fully saturated rings. The zero-order chi connectivity index (χ0) is 20.1. The molecule has 144 valence electrons. The predicted molar refractivity (Wildman–Crippen MR) is 101 cm³/mol. The van der Waals surface area contributed by atoms with Gasteiger partial charge in [0.15, 0.2) is 0 Å². The van der Waals surface area contributed by atoms with Crippen LogP contribution in [0.15, 0.2) is 84.1 Å². The van der Waals surface area contributed by atoms with Crippen molar-refractivity contribution in [2.75, 3.05) is 0 Å². The van der Waals surface area contributed by atoms with E-state index in [0.29, 0.717) is 11.1 Å². The summed E-state index contributed by atoms with van der Waals surface area (Å²) < 4.78 is 51.2. The van der Waals surface area contributed by atoms with Gasteiger partial charge in [0.2, 0.25) is 11.8 Å². The van der Waals surface area contributed by atoms with E-state index in [9.17, 15) is 13.2 Å². The van der Waals surface area contributed by atoms with Crippen LogP contribution in [-0.2, 0) is 10.5 Å². The van der Waals surface area contributed by atoms with Gasteiger partial charge in [0, 0.05) is 18.0 Å². The molecule has 4 aromatic rings. The number of hydrogen-bond donors (Lipinski definition) is 0. The molecule has 1 aliphatic heterocycles. The topological polar surface area (TPSA) is 52.3 Å². The molecule has 2 aromatic heterocycles. The average Bonchev–Trinajstić information content (AvgIpc) is 3.12. The number of imidazole rings is 1. The van der Waals surface area contributed by atoms with Gasteiger partial charge in [-0.25, -0.2) is 4.98 Å². The third-order valence-corrected chi connectivity index (χ3v) is 4.76. The number of aromatic nitrogens is 3. The van der Waals surface area contributed by atoms with Crippen LogP contribution >= 0.6 is 0 Å². The number of halogens is 3. The van der Waals surface area contributed by atoms with Crippen LogP contribution in [0.3, 0.4) is 0 Å². The molecule has 8 heteroatoms. The number of pyridine rings is 1. The van der Waals surface area contributed by atoms with Crippen LogP contribution in [0.4, 0.5) is 19.1 Å². The Morgan fingerprint density at radius 3 is 2.38 bits per heavy atom. The lowest BCUT2D eigenvalue weighted by molar-refractivity contribution is -0.271. The summed E-state index contributed by atoms with van der Waals surface area (Å²) in [5, 5.41) is 0. The molecule has 2 aromatic carbocycles. The Kier molecular flexibility index (Phi) is 3.70. The summed E-state index contributed by atoms with van der Waals surface area (Å²) in [7, 11) is 0. The van der Waals surface area contributed by atoms with E-state index in [-0.39, 0.29) is 22.9 Å². The zero-order valence-corrected chi connectivity index (χ0v) is 14.8. The molecule has 0 amide bonds. The summed E-state index contributed by atoms with van der Waals surface area (Å²) in [5.74, 6) is -0.278. The van der Waals surface area contributed by atoms with Gasteiger partial charge in [-0.15, -0.1) is 0 Å². The van der Waals surface area contributed by atoms with Gasteiger partial charge >= 0.3 is 11.9 Å². The van der Waals surface area contributed by atoms with Gasteiger partial charge in [-0.1, -0.05) is 42.5 Å². The highest BCUT2D eigenvalue weighted by atomic mass is 19.4. The fraction of sp³-hybridized carbons (Fsp3) is 0.0952. The number of para-hydroxylation sites is 2. The van der Waals surface area contributed by atoms with Gasteiger partial charge in [0.25, 0.3) is 0 Å². The minimum Gasteiger partial charge on any atom is -0.436 e. The lowest BCUT2D eigenvalue weighted by Gasteiger charge is -2.40. The second-order valence-electron chi connectivity index (χ2n) is 6.50. The molecule has 0 saturated carbocycles. The van der Waals surface area contributed by atoms with Gasteiger partial charge in [-0.2, -0.15) is 18.2 Å². The minimum atomic E-state index is -4.81. The van der Waals surface area contributed by atoms with E-state index in [1.807, 2.05) is 0 Å². The molecular weight excluding hydrogens is 381 g/mol. The molecule has 0 saturated heterocycles. The maximum absolute atomic E-state index is 14.8. The first kappa shape index (κ1) is 17.4. The average molecular weight is 394 g/mol. The van der Waals surface area contributed by atoms with Crippen LogP contribution < -0.4 is 0 Å². The standard InChI is InChI=1S/C21H13F3N4O/c22-21(23,24)20(15-8-2-1-3-9-15)28-17-11-5-4-10-16(17)26-19(28)27-18(29-20)14-7-6-12-25-13-14/h1-13H/t20-/m1/s1. The van der Waals surface area contributed by atoms with Gasteiger partial charge < -0.3 is 4.74 Å². The van der Waals surface area contributed by atoms with Crippen molar-refractivity contribution in [1.82, 2.24) is 14.5 Å². The molecule has 0 radical (unpaired) electrons. The number of nitrogens with zero attached hydrogens (tertiary/aromatic N) is 4. The lowest BCUT2D eigenvalue weighted by atomic mass is 10.00. The molecule has 29 heavy (non-hydrogen) atoms. The molecule has 1 atom stereocenters. The summed E-state index contributed by atoms with van der Waals surface area (Å²) in [5.41, 5.74) is -1.90. The lowest BCUT2D eigenvalue weighted by Crippen LogP contribution is -2.53. The Morgan fingerprint density at radius 1 is 0.897 bits per heavy atom. The fourth-order valence-electron chi connectivity index (χ4n) is 3.51. The largest absolute Gasteiger partial charge is 0.454 e. The molecule has 1 aliphatic rings. The van der Waals surface area contributed by atoms with Crippen molar-refractivity contribution in [3.63, 3.8) is 0 Å². The number of benzene rings is 2. The minimum absolute atomic E-state index is 0.0757. The first-order valence-corrected chi connectivity index (χ1v) is 8.79. The Bertz CT molecular complexity index is 1220. The molecule has 0 N–H and O–H groups in total. The molecule has 0 bridgehead atoms. The predicted octanol–water partition coefficient (Wildman–Crippen LogP) is 4.80. The third-order valence-electron chi connectivity index (χ3n) is 4.76. The normalized spacial score (nSPS) is 18.8. The second kappa shape index (κ2) is 6.16. The van der Waals surface area contributed by atoms with E-state index in [0.717, 1.165) is 4.57 Å². The van der Waals surface area contributed by atoms with Crippen molar-refractivity contribution in [2.45, 2.75) is 11.9 Å². The van der Waals surface area contributed by atoms with E-state index < -0.39 is 11.9 Å². The summed E-state index contributed by atoms with van der Waals surface area (Å²) in [4.78, 5) is 12.6. The van der Waals surface area contributed by atoms with Crippen molar-refractivity contribution in [2.24, 2.45) is 4.99 Å². The van der Waals surface area contributed by atoms with E-state index >= 15 is 0 Å². The van der Waals surface area contributed by atoms with E-state index in [1.54, 1.807) is 54.6 Å². The first-order chi connectivity index (χ1) is 14.0. The zero-order valence-electron chi connectivity index (χ0n) is 14.8. The van der Waals surface area contributed by atoms with Gasteiger partial charge in [0.1, 0.15) is 0 Å². The second-order valence-corrected chi connectivity index (χ2v) is 6.50. The van der Waals surface area contributed by atoms with Crippen molar-refractivity contribution in [1.29, 1.82) is 0 Å². The quantitative estimate of drug-likeness (QED) is 0.491. The SMILES string of the molecule is FC(F)(F)[C@@]1(c2ccccc2)OC(c2cccnc2)=Nc2nc3ccccc3n21. The summed E-state index contributed by atoms with van der Waals surface area (Å²) in [6.45, 7) is 0. The van der Waals surface area contributed by atoms with Crippen LogP contribution in [0.2, 0.25) is 0 Å². The van der Waals surface area contributed by atoms with Gasteiger partial charge in [-0.05, 0) is 24.3 Å². The molecule has 3 heterocycles. The molecule has 0 spiro atoms. The van der Waals surface area contributed by atoms with Crippen molar-refractivity contribution in [3.8, 4) is 0 Å². The smallest absolute Gasteiger partial charge is 0.436 e. The first-order valence-electron chi connectivity index (χ1n) is 8.79. The number of ether oxygens (including phenoxy) is 1. The number of alkyl halides is 3. The van der Waals surface area contributed by atoms with Gasteiger partial charge in [0.05, 0.1) is 16.6 Å². The molecular formula is C21H13F3N4O. The Balaban J connectivity index is 1.89. The summed E-state index contributed by atoms with van der Waals surface area (Å²) in [6.07, 6.45) is -1.88. The number of aliphatic imine (C=N–C) groups is 1. The Morgan fingerprint density at radius 2 is 1.66 bits per heavy atom. The number of fused-ring (bicyclic) bond motifs is 3. The fourth-order valence-corrected chi connectivity index (χ4v) is 3.51. The van der Waals surface area contributed by atoms with Crippen LogP contribution in [0.5, 0.6) is 0 Å². The van der Waals surface area contributed by atoms with E-state index in [1.165, 1.54) is 24.5 Å². The van der Waals surface area contributed by atoms with Crippen LogP contribution in [0, 0.1) is 0 Å². The molecule has 0 aliphatic carbocycles. The Hall–Kier alpha value is -3.68. The van der Waals surface area contributed by atoms with Crippen molar-refractivity contribution < 1.29 is 17.9 Å². The molecule has 5 nitrogen and oxygen atoms in total. The van der Waals surface area contributed by atoms with Crippen LogP contribution in [0.1, 0.15) is 11.1 Å². The highest BCUT2D eigenvalue weighted by Gasteiger charge is 2.63. The highest BCUT2D eigenvalue weighted by Crippen LogP contribution is 2.49. The maximum Gasteiger partial charge on any atom is 0.454 e. The van der Waals surface area contributed by atoms with E-state index in [2.05, 4.69) is 15.0 Å². The summed E-state index contributed by atoms with van der Waals surface area (Å²) in [6, 6.07) is 17.3. The number of rotatable bonds is 2. The van der Waals surface area contributed by atoms with Crippen LogP contribution in [-0.4, -0.2) is 26.6 Å². The Labute approximate surface area is 163 Å². The van der Waals surface area contributed by atoms with Crippen molar-refractivity contribution >= 4 is 22.9 Å². The maximum atomic E-state index is 14.8. The van der Waals surface area contributed by atoms with E-state index in [4.69, 9.17) is 4.74 Å². The number of hydrogen-bond acceptors (Lipinski definition) is 4. The molecule has 5 rings (SSSR count). The van der Waals surface area contributed by atoms with Crippen molar-refractivity contribution in [3.05, 3.63) is 90.3 Å².